The smallest absolute Gasteiger partial charge is 0.262 e. The second-order valence-electron chi connectivity index (χ2n) is 6.95. The van der Waals surface area contributed by atoms with Crippen LogP contribution >= 0.6 is 0 Å². The number of halogens is 1. The summed E-state index contributed by atoms with van der Waals surface area (Å²) in [5, 5.41) is 3.30. The summed E-state index contributed by atoms with van der Waals surface area (Å²) in [6.07, 6.45) is 0. The zero-order chi connectivity index (χ0) is 20.2. The molecule has 1 aliphatic heterocycles. The highest BCUT2D eigenvalue weighted by Gasteiger charge is 2.15. The minimum absolute atomic E-state index is 0.155. The highest BCUT2D eigenvalue weighted by Crippen LogP contribution is 2.25. The fourth-order valence-electron chi connectivity index (χ4n) is 3.27. The van der Waals surface area contributed by atoms with Gasteiger partial charge in [-0.15, -0.1) is 0 Å². The largest absolute Gasteiger partial charge is 0.484 e. The summed E-state index contributed by atoms with van der Waals surface area (Å²) in [7, 11) is 0. The predicted octanol–water partition coefficient (Wildman–Crippen LogP) is 3.54. The lowest BCUT2D eigenvalue weighted by atomic mass is 10.2. The minimum Gasteiger partial charge on any atom is -0.484 e. The number of benzene rings is 2. The number of morpholine rings is 1. The number of rotatable bonds is 5. The first-order chi connectivity index (χ1) is 14.1. The Morgan fingerprint density at radius 3 is 2.83 bits per heavy atom. The number of ether oxygens (including phenoxy) is 2. The second-order valence-corrected chi connectivity index (χ2v) is 6.95. The lowest BCUT2D eigenvalue weighted by Crippen LogP contribution is -2.36. The fourth-order valence-corrected chi connectivity index (χ4v) is 3.27. The third-order valence-electron chi connectivity index (χ3n) is 4.71. The Morgan fingerprint density at radius 2 is 2.03 bits per heavy atom. The van der Waals surface area contributed by atoms with Crippen LogP contribution in [-0.4, -0.2) is 43.8 Å². The molecule has 0 atom stereocenters. The van der Waals surface area contributed by atoms with Gasteiger partial charge in [0.25, 0.3) is 5.91 Å². The molecule has 1 fully saturated rings. The molecule has 1 amide bonds. The van der Waals surface area contributed by atoms with Crippen LogP contribution < -0.4 is 15.0 Å². The van der Waals surface area contributed by atoms with E-state index in [-0.39, 0.29) is 18.0 Å². The van der Waals surface area contributed by atoms with Crippen LogP contribution in [0.5, 0.6) is 5.75 Å². The molecular formula is C22H22FN3O3. The lowest BCUT2D eigenvalue weighted by Gasteiger charge is -2.28. The number of aromatic nitrogens is 1. The van der Waals surface area contributed by atoms with Crippen LogP contribution in [-0.2, 0) is 9.53 Å². The number of nitrogens with one attached hydrogen (secondary N) is 1. The summed E-state index contributed by atoms with van der Waals surface area (Å²) in [6.45, 7) is 4.53. The summed E-state index contributed by atoms with van der Waals surface area (Å²) in [4.78, 5) is 18.7. The van der Waals surface area contributed by atoms with Crippen LogP contribution in [0, 0.1) is 12.7 Å². The van der Waals surface area contributed by atoms with Crippen molar-refractivity contribution in [3.8, 4) is 5.75 Å². The zero-order valence-corrected chi connectivity index (χ0v) is 16.2. The van der Waals surface area contributed by atoms with Crippen molar-refractivity contribution in [3.05, 3.63) is 59.9 Å². The highest BCUT2D eigenvalue weighted by atomic mass is 19.1. The van der Waals surface area contributed by atoms with E-state index in [0.29, 0.717) is 30.0 Å². The normalized spacial score (nSPS) is 14.1. The van der Waals surface area contributed by atoms with Gasteiger partial charge in [-0.1, -0.05) is 12.1 Å². The maximum atomic E-state index is 14.7. The van der Waals surface area contributed by atoms with E-state index in [1.54, 1.807) is 12.1 Å². The van der Waals surface area contributed by atoms with Crippen molar-refractivity contribution in [2.45, 2.75) is 6.92 Å². The first-order valence-corrected chi connectivity index (χ1v) is 9.51. The number of amides is 1. The quantitative estimate of drug-likeness (QED) is 0.716. The number of carbonyl (C=O) groups is 1. The van der Waals surface area contributed by atoms with E-state index in [4.69, 9.17) is 9.47 Å². The SMILES string of the molecule is Cc1cccc(OCC(=O)Nc2cc(F)c3nc(N4CCOCC4)ccc3c2)c1. The summed E-state index contributed by atoms with van der Waals surface area (Å²) < 4.78 is 25.5. The molecule has 1 N–H and O–H groups in total. The molecule has 4 rings (SSSR count). The Morgan fingerprint density at radius 1 is 1.21 bits per heavy atom. The Labute approximate surface area is 168 Å². The average molecular weight is 395 g/mol. The van der Waals surface area contributed by atoms with E-state index in [9.17, 15) is 9.18 Å². The number of fused-ring (bicyclic) bond motifs is 1. The van der Waals surface area contributed by atoms with Gasteiger partial charge >= 0.3 is 0 Å². The van der Waals surface area contributed by atoms with Gasteiger partial charge in [-0.25, -0.2) is 9.37 Å². The van der Waals surface area contributed by atoms with Crippen LogP contribution in [0.15, 0.2) is 48.5 Å². The molecule has 3 aromatic rings. The number of hydrogen-bond acceptors (Lipinski definition) is 5. The molecular weight excluding hydrogens is 373 g/mol. The molecule has 0 unspecified atom stereocenters. The molecule has 6 nitrogen and oxygen atoms in total. The van der Waals surface area contributed by atoms with Crippen LogP contribution in [0.25, 0.3) is 10.9 Å². The predicted molar refractivity (Wildman–Crippen MR) is 110 cm³/mol. The van der Waals surface area contributed by atoms with Gasteiger partial charge in [-0.3, -0.25) is 4.79 Å². The number of hydrogen-bond donors (Lipinski definition) is 1. The van der Waals surface area contributed by atoms with Gasteiger partial charge < -0.3 is 19.7 Å². The molecule has 1 aromatic heterocycles. The van der Waals surface area contributed by atoms with E-state index in [2.05, 4.69) is 15.2 Å². The van der Waals surface area contributed by atoms with Crippen LogP contribution in [0.1, 0.15) is 5.56 Å². The van der Waals surface area contributed by atoms with E-state index in [1.165, 1.54) is 6.07 Å². The summed E-state index contributed by atoms with van der Waals surface area (Å²) in [5.41, 5.74) is 1.69. The van der Waals surface area contributed by atoms with E-state index in [0.717, 1.165) is 24.5 Å². The number of anilines is 2. The monoisotopic (exact) mass is 395 g/mol. The van der Waals surface area contributed by atoms with Gasteiger partial charge in [0, 0.05) is 24.2 Å². The van der Waals surface area contributed by atoms with Crippen molar-refractivity contribution in [3.63, 3.8) is 0 Å². The summed E-state index contributed by atoms with van der Waals surface area (Å²) in [5.74, 6) is 0.503. The molecule has 29 heavy (non-hydrogen) atoms. The van der Waals surface area contributed by atoms with Gasteiger partial charge in [0.05, 0.1) is 13.2 Å². The number of aryl methyl sites for hydroxylation is 1. The summed E-state index contributed by atoms with van der Waals surface area (Å²) in [6, 6.07) is 14.1. The molecule has 0 aliphatic carbocycles. The minimum atomic E-state index is -0.479. The molecule has 7 heteroatoms. The summed E-state index contributed by atoms with van der Waals surface area (Å²) >= 11 is 0. The molecule has 1 aliphatic rings. The average Bonchev–Trinajstić information content (AvgIpc) is 2.73. The van der Waals surface area contributed by atoms with Gasteiger partial charge in [-0.05, 0) is 48.9 Å². The van der Waals surface area contributed by atoms with E-state index in [1.807, 2.05) is 37.3 Å². The van der Waals surface area contributed by atoms with E-state index >= 15 is 0 Å². The van der Waals surface area contributed by atoms with Crippen molar-refractivity contribution in [1.29, 1.82) is 0 Å². The zero-order valence-electron chi connectivity index (χ0n) is 16.2. The van der Waals surface area contributed by atoms with Crippen LogP contribution in [0.4, 0.5) is 15.9 Å². The van der Waals surface area contributed by atoms with Gasteiger partial charge in [0.15, 0.2) is 12.4 Å². The fraction of sp³-hybridized carbons (Fsp3) is 0.273. The van der Waals surface area contributed by atoms with E-state index < -0.39 is 5.82 Å². The van der Waals surface area contributed by atoms with Crippen LogP contribution in [0.3, 0.4) is 0 Å². The first kappa shape index (κ1) is 19.1. The molecule has 1 saturated heterocycles. The molecule has 150 valence electrons. The first-order valence-electron chi connectivity index (χ1n) is 9.51. The molecule has 0 bridgehead atoms. The van der Waals surface area contributed by atoms with Crippen LogP contribution in [0.2, 0.25) is 0 Å². The van der Waals surface area contributed by atoms with Gasteiger partial charge in [-0.2, -0.15) is 0 Å². The number of carbonyl (C=O) groups excluding carboxylic acids is 1. The van der Waals surface area contributed by atoms with Gasteiger partial charge in [0.1, 0.15) is 17.1 Å². The number of pyridine rings is 1. The molecule has 2 aromatic carbocycles. The van der Waals surface area contributed by atoms with Crippen molar-refractivity contribution < 1.29 is 18.7 Å². The highest BCUT2D eigenvalue weighted by molar-refractivity contribution is 5.94. The maximum absolute atomic E-state index is 14.7. The third-order valence-corrected chi connectivity index (χ3v) is 4.71. The molecule has 2 heterocycles. The Hall–Kier alpha value is -3.19. The van der Waals surface area contributed by atoms with Crippen molar-refractivity contribution in [2.75, 3.05) is 43.1 Å². The molecule has 0 saturated carbocycles. The van der Waals surface area contributed by atoms with Crippen molar-refractivity contribution in [2.24, 2.45) is 0 Å². The Bertz CT molecular complexity index is 1030. The third kappa shape index (κ3) is 4.63. The second kappa shape index (κ2) is 8.45. The number of nitrogens with zero attached hydrogens (tertiary/aromatic N) is 2. The molecule has 0 spiro atoms. The Kier molecular flexibility index (Phi) is 5.57. The van der Waals surface area contributed by atoms with Gasteiger partial charge in [0.2, 0.25) is 0 Å². The Balaban J connectivity index is 1.45. The van der Waals surface area contributed by atoms with Crippen molar-refractivity contribution in [1.82, 2.24) is 4.98 Å². The molecule has 0 radical (unpaired) electrons. The van der Waals surface area contributed by atoms with Crippen molar-refractivity contribution >= 4 is 28.3 Å². The maximum Gasteiger partial charge on any atom is 0.262 e. The standard InChI is InChI=1S/C22H22FN3O3/c1-15-3-2-4-18(11-15)29-14-21(27)24-17-12-16-5-6-20(25-22(16)19(23)13-17)26-7-9-28-10-8-26/h2-6,11-13H,7-10,14H2,1H3,(H,24,27). The topological polar surface area (TPSA) is 63.7 Å². The lowest BCUT2D eigenvalue weighted by molar-refractivity contribution is -0.118.